The number of sulfonamides is 1. The van der Waals surface area contributed by atoms with Crippen molar-refractivity contribution in [3.05, 3.63) is 11.4 Å². The van der Waals surface area contributed by atoms with E-state index in [1.807, 2.05) is 0 Å². The predicted octanol–water partition coefficient (Wildman–Crippen LogP) is 0.363. The average molecular weight is 316 g/mol. The lowest BCUT2D eigenvalue weighted by molar-refractivity contribution is 0.207. The third kappa shape index (κ3) is 3.82. The summed E-state index contributed by atoms with van der Waals surface area (Å²) in [6.07, 6.45) is 2.74. The lowest BCUT2D eigenvalue weighted by Gasteiger charge is -2.31. The first-order valence-corrected chi connectivity index (χ1v) is 8.85. The smallest absolute Gasteiger partial charge is 0.244 e. The van der Waals surface area contributed by atoms with Crippen molar-refractivity contribution in [2.24, 2.45) is 0 Å². The molecule has 0 spiro atoms. The fourth-order valence-electron chi connectivity index (χ4n) is 2.80. The van der Waals surface area contributed by atoms with E-state index in [-0.39, 0.29) is 16.6 Å². The highest BCUT2D eigenvalue weighted by Crippen LogP contribution is 2.20. The molecule has 21 heavy (non-hydrogen) atoms. The summed E-state index contributed by atoms with van der Waals surface area (Å²) in [7, 11) is -3.64. The second-order valence-electron chi connectivity index (χ2n) is 5.52. The maximum atomic E-state index is 12.5. The Hall–Kier alpha value is -0.960. The molecule has 0 bridgehead atoms. The number of H-pyrrole nitrogens is 1. The molecule has 3 N–H and O–H groups in total. The van der Waals surface area contributed by atoms with Crippen LogP contribution in [-0.2, 0) is 16.6 Å². The number of nitrogens with one attached hydrogen (secondary N) is 2. The number of likely N-dealkylation sites (tertiary alicyclic amines) is 1. The molecular formula is C13H24N4O3S. The van der Waals surface area contributed by atoms with E-state index in [0.29, 0.717) is 5.69 Å². The Morgan fingerprint density at radius 1 is 1.43 bits per heavy atom. The summed E-state index contributed by atoms with van der Waals surface area (Å²) in [6.45, 7) is 6.29. The molecule has 0 aliphatic carbocycles. The molecule has 1 saturated heterocycles. The van der Waals surface area contributed by atoms with Gasteiger partial charge in [-0.25, -0.2) is 13.1 Å². The molecule has 0 atom stereocenters. The molecule has 0 radical (unpaired) electrons. The number of aliphatic hydroxyl groups excluding tert-OH is 1. The molecule has 0 aromatic carbocycles. The Morgan fingerprint density at radius 3 is 2.67 bits per heavy atom. The SMILES string of the molecule is CCCN1CCC(NS(=O)(=O)c2c(CO)n[nH]c2C)CC1. The quantitative estimate of drug-likeness (QED) is 0.704. The van der Waals surface area contributed by atoms with Crippen molar-refractivity contribution in [1.29, 1.82) is 0 Å². The van der Waals surface area contributed by atoms with Crippen molar-refractivity contribution >= 4 is 10.0 Å². The van der Waals surface area contributed by atoms with Gasteiger partial charge < -0.3 is 10.0 Å². The van der Waals surface area contributed by atoms with Crippen molar-refractivity contribution in [2.75, 3.05) is 19.6 Å². The zero-order chi connectivity index (χ0) is 15.5. The van der Waals surface area contributed by atoms with Gasteiger partial charge in [-0.2, -0.15) is 5.10 Å². The molecule has 0 amide bonds. The van der Waals surface area contributed by atoms with Crippen LogP contribution in [0.25, 0.3) is 0 Å². The van der Waals surface area contributed by atoms with Gasteiger partial charge in [-0.1, -0.05) is 6.92 Å². The van der Waals surface area contributed by atoms with E-state index in [0.717, 1.165) is 38.9 Å². The molecule has 0 unspecified atom stereocenters. The number of aromatic nitrogens is 2. The number of aryl methyl sites for hydroxylation is 1. The van der Waals surface area contributed by atoms with E-state index < -0.39 is 16.6 Å². The van der Waals surface area contributed by atoms with Crippen LogP contribution >= 0.6 is 0 Å². The average Bonchev–Trinajstić information content (AvgIpc) is 2.83. The number of nitrogens with zero attached hydrogens (tertiary/aromatic N) is 2. The Morgan fingerprint density at radius 2 is 2.10 bits per heavy atom. The Labute approximate surface area is 125 Å². The topological polar surface area (TPSA) is 98.3 Å². The van der Waals surface area contributed by atoms with Crippen LogP contribution in [0, 0.1) is 6.92 Å². The lowest BCUT2D eigenvalue weighted by Crippen LogP contribution is -2.44. The molecule has 1 fully saturated rings. The molecule has 8 heteroatoms. The van der Waals surface area contributed by atoms with E-state index in [1.54, 1.807) is 6.92 Å². The van der Waals surface area contributed by atoms with Gasteiger partial charge in [-0.15, -0.1) is 0 Å². The fraction of sp³-hybridized carbons (Fsp3) is 0.769. The molecule has 0 saturated carbocycles. The minimum absolute atomic E-state index is 0.0519. The predicted molar refractivity (Wildman–Crippen MR) is 79.3 cm³/mol. The van der Waals surface area contributed by atoms with Gasteiger partial charge in [-0.3, -0.25) is 5.10 Å². The van der Waals surface area contributed by atoms with Crippen LogP contribution in [0.4, 0.5) is 0 Å². The number of aromatic amines is 1. The van der Waals surface area contributed by atoms with E-state index in [9.17, 15) is 13.5 Å². The molecule has 2 heterocycles. The molecular weight excluding hydrogens is 292 g/mol. The fourth-order valence-corrected chi connectivity index (χ4v) is 4.46. The van der Waals surface area contributed by atoms with Gasteiger partial charge in [0.2, 0.25) is 10.0 Å². The van der Waals surface area contributed by atoms with E-state index in [4.69, 9.17) is 0 Å². The first kappa shape index (κ1) is 16.4. The molecule has 120 valence electrons. The second kappa shape index (κ2) is 6.87. The normalized spacial score (nSPS) is 18.2. The largest absolute Gasteiger partial charge is 0.390 e. The zero-order valence-corrected chi connectivity index (χ0v) is 13.4. The number of hydrogen-bond acceptors (Lipinski definition) is 5. The Kier molecular flexibility index (Phi) is 5.37. The third-order valence-corrected chi connectivity index (χ3v) is 5.55. The standard InChI is InChI=1S/C13H24N4O3S/c1-3-6-17-7-4-11(5-8-17)16-21(19,20)13-10(2)14-15-12(13)9-18/h11,16,18H,3-9H2,1-2H3,(H,14,15). The minimum atomic E-state index is -3.64. The number of hydrogen-bond donors (Lipinski definition) is 3. The van der Waals surface area contributed by atoms with E-state index >= 15 is 0 Å². The highest BCUT2D eigenvalue weighted by Gasteiger charge is 2.28. The van der Waals surface area contributed by atoms with Gasteiger partial charge in [0.15, 0.2) is 0 Å². The molecule has 1 aliphatic heterocycles. The van der Waals surface area contributed by atoms with Crippen molar-refractivity contribution in [3.63, 3.8) is 0 Å². The Bertz CT molecular complexity index is 562. The van der Waals surface area contributed by atoms with Crippen LogP contribution < -0.4 is 4.72 Å². The van der Waals surface area contributed by atoms with Crippen molar-refractivity contribution in [3.8, 4) is 0 Å². The monoisotopic (exact) mass is 316 g/mol. The van der Waals surface area contributed by atoms with Gasteiger partial charge in [0.1, 0.15) is 10.6 Å². The van der Waals surface area contributed by atoms with Gasteiger partial charge in [-0.05, 0) is 45.8 Å². The van der Waals surface area contributed by atoms with Crippen LogP contribution in [0.15, 0.2) is 4.90 Å². The summed E-state index contributed by atoms with van der Waals surface area (Å²) in [5, 5.41) is 15.7. The lowest BCUT2D eigenvalue weighted by atomic mass is 10.1. The third-order valence-electron chi connectivity index (χ3n) is 3.83. The molecule has 1 aromatic rings. The van der Waals surface area contributed by atoms with Crippen LogP contribution in [0.5, 0.6) is 0 Å². The van der Waals surface area contributed by atoms with Crippen molar-refractivity contribution in [1.82, 2.24) is 19.8 Å². The van der Waals surface area contributed by atoms with Crippen LogP contribution in [0.1, 0.15) is 37.6 Å². The molecule has 7 nitrogen and oxygen atoms in total. The summed E-state index contributed by atoms with van der Waals surface area (Å²) < 4.78 is 27.7. The molecule has 1 aromatic heterocycles. The maximum absolute atomic E-state index is 12.5. The Balaban J connectivity index is 2.04. The number of rotatable bonds is 6. The number of piperidine rings is 1. The van der Waals surface area contributed by atoms with Crippen LogP contribution in [0.2, 0.25) is 0 Å². The molecule has 1 aliphatic rings. The van der Waals surface area contributed by atoms with Gasteiger partial charge in [0, 0.05) is 6.04 Å². The minimum Gasteiger partial charge on any atom is -0.390 e. The van der Waals surface area contributed by atoms with Gasteiger partial charge >= 0.3 is 0 Å². The van der Waals surface area contributed by atoms with Gasteiger partial charge in [0.05, 0.1) is 12.3 Å². The zero-order valence-electron chi connectivity index (χ0n) is 12.6. The highest BCUT2D eigenvalue weighted by atomic mass is 32.2. The maximum Gasteiger partial charge on any atom is 0.244 e. The first-order chi connectivity index (χ1) is 9.97. The van der Waals surface area contributed by atoms with Crippen molar-refractivity contribution in [2.45, 2.75) is 50.7 Å². The highest BCUT2D eigenvalue weighted by molar-refractivity contribution is 7.89. The second-order valence-corrected chi connectivity index (χ2v) is 7.17. The van der Waals surface area contributed by atoms with Crippen LogP contribution in [0.3, 0.4) is 0 Å². The van der Waals surface area contributed by atoms with Crippen molar-refractivity contribution < 1.29 is 13.5 Å². The summed E-state index contributed by atoms with van der Waals surface area (Å²) in [6, 6.07) is -0.0519. The summed E-state index contributed by atoms with van der Waals surface area (Å²) >= 11 is 0. The summed E-state index contributed by atoms with van der Waals surface area (Å²) in [5.74, 6) is 0. The first-order valence-electron chi connectivity index (χ1n) is 7.37. The van der Waals surface area contributed by atoms with Crippen LogP contribution in [-0.4, -0.2) is 54.3 Å². The van der Waals surface area contributed by atoms with Gasteiger partial charge in [0.25, 0.3) is 0 Å². The molecule has 2 rings (SSSR count). The van der Waals surface area contributed by atoms with E-state index in [1.165, 1.54) is 0 Å². The summed E-state index contributed by atoms with van der Waals surface area (Å²) in [5.41, 5.74) is 0.624. The summed E-state index contributed by atoms with van der Waals surface area (Å²) in [4.78, 5) is 2.44. The number of aliphatic hydroxyl groups is 1. The van der Waals surface area contributed by atoms with E-state index in [2.05, 4.69) is 26.7 Å².